The normalized spacial score (nSPS) is 26.5. The molecule has 6 nitrogen and oxygen atoms in total. The number of fused-ring (bicyclic) bond motifs is 1. The van der Waals surface area contributed by atoms with Gasteiger partial charge in [-0.05, 0) is 37.6 Å². The van der Waals surface area contributed by atoms with Crippen LogP contribution in [-0.4, -0.2) is 43.9 Å². The van der Waals surface area contributed by atoms with Crippen molar-refractivity contribution >= 4 is 21.6 Å². The molecule has 114 valence electrons. The van der Waals surface area contributed by atoms with Crippen molar-refractivity contribution in [2.24, 2.45) is 0 Å². The topological polar surface area (TPSA) is 75.7 Å². The van der Waals surface area contributed by atoms with Gasteiger partial charge in [0.25, 0.3) is 0 Å². The van der Waals surface area contributed by atoms with Gasteiger partial charge in [0.2, 0.25) is 15.9 Å². The van der Waals surface area contributed by atoms with Crippen molar-refractivity contribution < 1.29 is 17.9 Å². The minimum Gasteiger partial charge on any atom is -0.378 e. The summed E-state index contributed by atoms with van der Waals surface area (Å²) >= 11 is 0. The van der Waals surface area contributed by atoms with Crippen molar-refractivity contribution in [3.63, 3.8) is 0 Å². The van der Waals surface area contributed by atoms with Crippen LogP contribution in [0.15, 0.2) is 23.1 Å². The Morgan fingerprint density at radius 3 is 2.57 bits per heavy atom. The van der Waals surface area contributed by atoms with Gasteiger partial charge < -0.3 is 10.1 Å². The molecule has 0 aromatic heterocycles. The molecule has 0 spiro atoms. The lowest BCUT2D eigenvalue weighted by Crippen LogP contribution is -2.52. The molecule has 1 fully saturated rings. The van der Waals surface area contributed by atoms with Crippen LogP contribution < -0.4 is 5.32 Å². The van der Waals surface area contributed by atoms with Gasteiger partial charge >= 0.3 is 0 Å². The third kappa shape index (κ3) is 2.45. The quantitative estimate of drug-likeness (QED) is 0.883. The lowest BCUT2D eigenvalue weighted by molar-refractivity contribution is -0.115. The molecule has 1 aromatic carbocycles. The summed E-state index contributed by atoms with van der Waals surface area (Å²) < 4.78 is 32.6. The number of hydrogen-bond donors (Lipinski definition) is 1. The molecule has 2 unspecified atom stereocenters. The van der Waals surface area contributed by atoms with Crippen molar-refractivity contribution in [3.8, 4) is 0 Å². The molecule has 2 aliphatic rings. The zero-order valence-corrected chi connectivity index (χ0v) is 12.8. The van der Waals surface area contributed by atoms with E-state index in [0.29, 0.717) is 18.9 Å². The van der Waals surface area contributed by atoms with Gasteiger partial charge in [0.05, 0.1) is 24.5 Å². The molecule has 21 heavy (non-hydrogen) atoms. The number of benzene rings is 1. The second-order valence-corrected chi connectivity index (χ2v) is 7.46. The molecule has 1 N–H and O–H groups in total. The molecule has 2 atom stereocenters. The Morgan fingerprint density at radius 1 is 1.24 bits per heavy atom. The van der Waals surface area contributed by atoms with E-state index in [1.165, 1.54) is 4.31 Å². The number of sulfonamides is 1. The summed E-state index contributed by atoms with van der Waals surface area (Å²) in [6.45, 7) is 4.47. The van der Waals surface area contributed by atoms with Crippen LogP contribution >= 0.6 is 0 Å². The van der Waals surface area contributed by atoms with Crippen LogP contribution in [0, 0.1) is 0 Å². The van der Waals surface area contributed by atoms with E-state index < -0.39 is 10.0 Å². The third-order valence-corrected chi connectivity index (χ3v) is 5.99. The summed E-state index contributed by atoms with van der Waals surface area (Å²) in [5, 5.41) is 2.71. The van der Waals surface area contributed by atoms with E-state index in [1.807, 2.05) is 13.8 Å². The number of rotatable bonds is 2. The molecule has 1 aromatic rings. The van der Waals surface area contributed by atoms with Gasteiger partial charge in [-0.15, -0.1) is 0 Å². The highest BCUT2D eigenvalue weighted by Crippen LogP contribution is 2.29. The average molecular weight is 310 g/mol. The van der Waals surface area contributed by atoms with Gasteiger partial charge in [0, 0.05) is 17.8 Å². The molecule has 1 amide bonds. The smallest absolute Gasteiger partial charge is 0.243 e. The number of carbonyl (C=O) groups excluding carboxylic acids is 1. The third-order valence-electron chi connectivity index (χ3n) is 3.86. The fourth-order valence-corrected chi connectivity index (χ4v) is 4.80. The average Bonchev–Trinajstić information content (AvgIpc) is 2.77. The highest BCUT2D eigenvalue weighted by atomic mass is 32.2. The predicted molar refractivity (Wildman–Crippen MR) is 77.5 cm³/mol. The molecule has 0 saturated carbocycles. The van der Waals surface area contributed by atoms with E-state index in [0.717, 1.165) is 5.56 Å². The van der Waals surface area contributed by atoms with E-state index in [4.69, 9.17) is 4.74 Å². The van der Waals surface area contributed by atoms with Crippen molar-refractivity contribution in [1.82, 2.24) is 4.31 Å². The molecule has 2 heterocycles. The zero-order valence-electron chi connectivity index (χ0n) is 12.0. The number of amides is 1. The summed E-state index contributed by atoms with van der Waals surface area (Å²) in [5.74, 6) is -0.104. The Labute approximate surface area is 124 Å². The number of hydrogen-bond acceptors (Lipinski definition) is 4. The number of morpholine rings is 1. The van der Waals surface area contributed by atoms with E-state index in [2.05, 4.69) is 5.32 Å². The number of ether oxygens (including phenoxy) is 1. The second-order valence-electron chi connectivity index (χ2n) is 5.61. The van der Waals surface area contributed by atoms with E-state index in [9.17, 15) is 13.2 Å². The first-order valence-corrected chi connectivity index (χ1v) is 8.37. The Hall–Kier alpha value is -1.44. The highest BCUT2D eigenvalue weighted by molar-refractivity contribution is 7.89. The van der Waals surface area contributed by atoms with Gasteiger partial charge in [-0.3, -0.25) is 4.79 Å². The zero-order chi connectivity index (χ0) is 15.2. The summed E-state index contributed by atoms with van der Waals surface area (Å²) in [7, 11) is -3.59. The first-order chi connectivity index (χ1) is 9.89. The summed E-state index contributed by atoms with van der Waals surface area (Å²) in [5.41, 5.74) is 1.43. The molecule has 1 saturated heterocycles. The van der Waals surface area contributed by atoms with Crippen LogP contribution in [0.25, 0.3) is 0 Å². The van der Waals surface area contributed by atoms with Crippen molar-refractivity contribution in [2.75, 3.05) is 18.5 Å². The fourth-order valence-electron chi connectivity index (χ4n) is 2.95. The van der Waals surface area contributed by atoms with Crippen LogP contribution in [0.4, 0.5) is 5.69 Å². The minimum absolute atomic E-state index is 0.104. The molecule has 3 rings (SSSR count). The Kier molecular flexibility index (Phi) is 3.51. The number of carbonyl (C=O) groups is 1. The monoisotopic (exact) mass is 310 g/mol. The second kappa shape index (κ2) is 5.08. The van der Waals surface area contributed by atoms with Crippen LogP contribution in [0.1, 0.15) is 19.4 Å². The van der Waals surface area contributed by atoms with Gasteiger partial charge in [-0.1, -0.05) is 0 Å². The van der Waals surface area contributed by atoms with Crippen molar-refractivity contribution in [1.29, 1.82) is 0 Å². The maximum Gasteiger partial charge on any atom is 0.243 e. The molecule has 0 radical (unpaired) electrons. The SMILES string of the molecule is CC1COCC(C)N1S(=O)(=O)c1ccc2c(c1)CC(=O)N2. The molecule has 0 bridgehead atoms. The Bertz CT molecular complexity index is 676. The van der Waals surface area contributed by atoms with E-state index in [1.54, 1.807) is 18.2 Å². The van der Waals surface area contributed by atoms with Gasteiger partial charge in [-0.25, -0.2) is 8.42 Å². The highest BCUT2D eigenvalue weighted by Gasteiger charge is 2.36. The maximum atomic E-state index is 12.9. The minimum atomic E-state index is -3.59. The number of anilines is 1. The van der Waals surface area contributed by atoms with Gasteiger partial charge in [0.1, 0.15) is 0 Å². The van der Waals surface area contributed by atoms with Crippen LogP contribution in [0.2, 0.25) is 0 Å². The standard InChI is InChI=1S/C14H18N2O4S/c1-9-7-20-8-10(2)16(9)21(18,19)12-3-4-13-11(5-12)6-14(17)15-13/h3-5,9-10H,6-8H2,1-2H3,(H,15,17). The van der Waals surface area contributed by atoms with Crippen LogP contribution in [0.3, 0.4) is 0 Å². The lowest BCUT2D eigenvalue weighted by Gasteiger charge is -2.37. The molecular formula is C14H18N2O4S. The predicted octanol–water partition coefficient (Wildman–Crippen LogP) is 0.979. The number of nitrogens with one attached hydrogen (secondary N) is 1. The van der Waals surface area contributed by atoms with Crippen LogP contribution in [0.5, 0.6) is 0 Å². The van der Waals surface area contributed by atoms with Crippen LogP contribution in [-0.2, 0) is 26.0 Å². The van der Waals surface area contributed by atoms with Gasteiger partial charge in [-0.2, -0.15) is 4.31 Å². The Balaban J connectivity index is 1.99. The number of nitrogens with zero attached hydrogens (tertiary/aromatic N) is 1. The molecule has 2 aliphatic heterocycles. The summed E-state index contributed by atoms with van der Waals surface area (Å²) in [6, 6.07) is 4.40. The van der Waals surface area contributed by atoms with Gasteiger partial charge in [0.15, 0.2) is 0 Å². The fraction of sp³-hybridized carbons (Fsp3) is 0.500. The molecule has 7 heteroatoms. The summed E-state index contributed by atoms with van der Waals surface area (Å²) in [4.78, 5) is 11.6. The van der Waals surface area contributed by atoms with Crippen molar-refractivity contribution in [3.05, 3.63) is 23.8 Å². The first-order valence-electron chi connectivity index (χ1n) is 6.93. The van der Waals surface area contributed by atoms with E-state index >= 15 is 0 Å². The lowest BCUT2D eigenvalue weighted by atomic mass is 10.2. The Morgan fingerprint density at radius 2 is 1.90 bits per heavy atom. The molecule has 0 aliphatic carbocycles. The maximum absolute atomic E-state index is 12.9. The molecular weight excluding hydrogens is 292 g/mol. The van der Waals surface area contributed by atoms with E-state index in [-0.39, 0.29) is 29.3 Å². The van der Waals surface area contributed by atoms with Crippen molar-refractivity contribution in [2.45, 2.75) is 37.2 Å². The first kappa shape index (κ1) is 14.5. The summed E-state index contributed by atoms with van der Waals surface area (Å²) in [6.07, 6.45) is 0.229. The largest absolute Gasteiger partial charge is 0.378 e.